The highest BCUT2D eigenvalue weighted by molar-refractivity contribution is 9.10. The molecule has 0 bridgehead atoms. The Kier molecular flexibility index (Phi) is 4.42. The molecule has 0 N–H and O–H groups in total. The van der Waals surface area contributed by atoms with Crippen molar-refractivity contribution in [3.8, 4) is 0 Å². The van der Waals surface area contributed by atoms with Crippen molar-refractivity contribution >= 4 is 28.1 Å². The van der Waals surface area contributed by atoms with Gasteiger partial charge in [0.25, 0.3) is 6.21 Å². The SMILES string of the molecule is COC(=O)/C=[N+](\[O-])Cc1cccc(Br)c1F. The average Bonchev–Trinajstić information content (AvgIpc) is 2.24. The van der Waals surface area contributed by atoms with Crippen molar-refractivity contribution in [3.63, 3.8) is 0 Å². The van der Waals surface area contributed by atoms with Crippen molar-refractivity contribution in [3.05, 3.63) is 39.3 Å². The highest BCUT2D eigenvalue weighted by Gasteiger charge is 2.10. The van der Waals surface area contributed by atoms with E-state index < -0.39 is 11.8 Å². The van der Waals surface area contributed by atoms with Gasteiger partial charge in [0.2, 0.25) is 0 Å². The molecule has 1 aromatic carbocycles. The molecular weight excluding hydrogens is 281 g/mol. The Bertz CT molecular complexity index is 434. The van der Waals surface area contributed by atoms with Gasteiger partial charge in [-0.3, -0.25) is 0 Å². The standard InChI is InChI=1S/C10H9BrFNO3/c1-16-9(14)6-13(15)5-7-3-2-4-8(11)10(7)12/h2-4,6H,5H2,1H3/b13-6-. The average molecular weight is 290 g/mol. The van der Waals surface area contributed by atoms with Gasteiger partial charge in [0.05, 0.1) is 17.1 Å². The molecule has 1 aromatic rings. The zero-order chi connectivity index (χ0) is 12.1. The molecule has 6 heteroatoms. The zero-order valence-corrected chi connectivity index (χ0v) is 10.0. The Hall–Kier alpha value is -1.43. The summed E-state index contributed by atoms with van der Waals surface area (Å²) >= 11 is 3.00. The molecule has 16 heavy (non-hydrogen) atoms. The molecular formula is C10H9BrFNO3. The monoisotopic (exact) mass is 289 g/mol. The lowest BCUT2D eigenvalue weighted by Crippen LogP contribution is -2.14. The molecule has 86 valence electrons. The van der Waals surface area contributed by atoms with E-state index in [1.165, 1.54) is 12.1 Å². The van der Waals surface area contributed by atoms with E-state index >= 15 is 0 Å². The molecule has 0 amide bonds. The van der Waals surface area contributed by atoms with Crippen molar-refractivity contribution in [2.24, 2.45) is 0 Å². The number of ether oxygens (including phenoxy) is 1. The summed E-state index contributed by atoms with van der Waals surface area (Å²) < 4.78 is 18.3. The second-order valence-electron chi connectivity index (χ2n) is 2.94. The summed E-state index contributed by atoms with van der Waals surface area (Å²) in [5.41, 5.74) is 0.199. The maximum Gasteiger partial charge on any atom is 0.396 e. The van der Waals surface area contributed by atoms with Gasteiger partial charge in [-0.1, -0.05) is 6.07 Å². The number of rotatable bonds is 3. The number of nitrogens with zero attached hydrogens (tertiary/aromatic N) is 1. The van der Waals surface area contributed by atoms with Crippen LogP contribution in [0.3, 0.4) is 0 Å². The minimum Gasteiger partial charge on any atom is -0.623 e. The van der Waals surface area contributed by atoms with Crippen LogP contribution in [0.5, 0.6) is 0 Å². The lowest BCUT2D eigenvalue weighted by molar-refractivity contribution is -0.470. The number of methoxy groups -OCH3 is 1. The number of hydrogen-bond acceptors (Lipinski definition) is 3. The van der Waals surface area contributed by atoms with Crippen LogP contribution in [0.1, 0.15) is 5.56 Å². The summed E-state index contributed by atoms with van der Waals surface area (Å²) in [4.78, 5) is 10.7. The van der Waals surface area contributed by atoms with Gasteiger partial charge in [-0.15, -0.1) is 0 Å². The lowest BCUT2D eigenvalue weighted by atomic mass is 10.2. The maximum atomic E-state index is 13.4. The number of esters is 1. The predicted octanol–water partition coefficient (Wildman–Crippen LogP) is 1.84. The lowest BCUT2D eigenvalue weighted by Gasteiger charge is -2.05. The van der Waals surface area contributed by atoms with Crippen LogP contribution >= 0.6 is 15.9 Å². The van der Waals surface area contributed by atoms with Crippen LogP contribution in [0, 0.1) is 11.0 Å². The van der Waals surface area contributed by atoms with E-state index in [1.54, 1.807) is 6.07 Å². The summed E-state index contributed by atoms with van der Waals surface area (Å²) in [5, 5.41) is 11.2. The van der Waals surface area contributed by atoms with Crippen LogP contribution in [0.25, 0.3) is 0 Å². The fraction of sp³-hybridized carbons (Fsp3) is 0.200. The third-order valence-electron chi connectivity index (χ3n) is 1.81. The first-order valence-corrected chi connectivity index (χ1v) is 5.13. The van der Waals surface area contributed by atoms with Crippen LogP contribution in [-0.4, -0.2) is 24.0 Å². The largest absolute Gasteiger partial charge is 0.623 e. The maximum absolute atomic E-state index is 13.4. The molecule has 0 heterocycles. The molecule has 0 spiro atoms. The van der Waals surface area contributed by atoms with Gasteiger partial charge in [-0.25, -0.2) is 13.9 Å². The molecule has 1 rings (SSSR count). The molecule has 0 unspecified atom stereocenters. The van der Waals surface area contributed by atoms with E-state index in [0.717, 1.165) is 13.3 Å². The predicted molar refractivity (Wildman–Crippen MR) is 59.5 cm³/mol. The third kappa shape index (κ3) is 3.30. The second-order valence-corrected chi connectivity index (χ2v) is 3.79. The van der Waals surface area contributed by atoms with Gasteiger partial charge in [0.1, 0.15) is 5.82 Å². The number of hydrogen-bond donors (Lipinski definition) is 0. The summed E-state index contributed by atoms with van der Waals surface area (Å²) in [6, 6.07) is 4.60. The summed E-state index contributed by atoms with van der Waals surface area (Å²) in [5.74, 6) is -1.29. The van der Waals surface area contributed by atoms with Crippen molar-refractivity contribution < 1.29 is 18.7 Å². The molecule has 0 radical (unpaired) electrons. The molecule has 0 fully saturated rings. The van der Waals surface area contributed by atoms with Gasteiger partial charge in [-0.2, -0.15) is 0 Å². The van der Waals surface area contributed by atoms with E-state index in [0.29, 0.717) is 4.74 Å². The van der Waals surface area contributed by atoms with Crippen LogP contribution in [-0.2, 0) is 16.1 Å². The Balaban J connectivity index is 2.85. The molecule has 0 atom stereocenters. The van der Waals surface area contributed by atoms with E-state index in [4.69, 9.17) is 0 Å². The Morgan fingerprint density at radius 1 is 1.69 bits per heavy atom. The first kappa shape index (κ1) is 12.6. The van der Waals surface area contributed by atoms with E-state index in [9.17, 15) is 14.4 Å². The number of halogens is 2. The summed E-state index contributed by atoms with van der Waals surface area (Å²) in [6.07, 6.45) is 0.723. The van der Waals surface area contributed by atoms with Crippen molar-refractivity contribution in [1.29, 1.82) is 0 Å². The molecule has 0 aliphatic rings. The molecule has 4 nitrogen and oxygen atoms in total. The van der Waals surface area contributed by atoms with Gasteiger partial charge >= 0.3 is 5.97 Å². The van der Waals surface area contributed by atoms with Gasteiger partial charge in [0.15, 0.2) is 6.54 Å². The number of carbonyl (C=O) groups is 1. The third-order valence-corrected chi connectivity index (χ3v) is 2.42. The van der Waals surface area contributed by atoms with Gasteiger partial charge in [0, 0.05) is 0 Å². The number of hydroxylamine groups is 1. The van der Waals surface area contributed by atoms with Gasteiger partial charge < -0.3 is 9.94 Å². The van der Waals surface area contributed by atoms with Crippen LogP contribution in [0.15, 0.2) is 22.7 Å². The van der Waals surface area contributed by atoms with E-state index in [-0.39, 0.29) is 16.6 Å². The molecule has 0 saturated carbocycles. The van der Waals surface area contributed by atoms with Gasteiger partial charge in [-0.05, 0) is 28.1 Å². The zero-order valence-electron chi connectivity index (χ0n) is 8.44. The summed E-state index contributed by atoms with van der Waals surface area (Å²) in [7, 11) is 1.16. The Morgan fingerprint density at radius 3 is 3.00 bits per heavy atom. The number of carbonyl (C=O) groups excluding carboxylic acids is 1. The van der Waals surface area contributed by atoms with Crippen LogP contribution in [0.4, 0.5) is 4.39 Å². The minimum atomic E-state index is -0.773. The Labute approximate surface area is 100 Å². The quantitative estimate of drug-likeness (QED) is 0.281. The molecule has 0 aliphatic heterocycles. The highest BCUT2D eigenvalue weighted by Crippen LogP contribution is 2.18. The topological polar surface area (TPSA) is 52.4 Å². The van der Waals surface area contributed by atoms with Crippen molar-refractivity contribution in [2.75, 3.05) is 7.11 Å². The fourth-order valence-corrected chi connectivity index (χ4v) is 1.46. The first-order valence-electron chi connectivity index (χ1n) is 4.34. The van der Waals surface area contributed by atoms with Crippen molar-refractivity contribution in [1.82, 2.24) is 0 Å². The fourth-order valence-electron chi connectivity index (χ4n) is 1.05. The van der Waals surface area contributed by atoms with E-state index in [1.807, 2.05) is 0 Å². The first-order chi connectivity index (χ1) is 7.54. The number of benzene rings is 1. The second kappa shape index (κ2) is 5.60. The Morgan fingerprint density at radius 2 is 2.38 bits per heavy atom. The van der Waals surface area contributed by atoms with Crippen LogP contribution < -0.4 is 0 Å². The van der Waals surface area contributed by atoms with Crippen LogP contribution in [0.2, 0.25) is 0 Å². The van der Waals surface area contributed by atoms with E-state index in [2.05, 4.69) is 20.7 Å². The summed E-state index contributed by atoms with van der Waals surface area (Å²) in [6.45, 7) is -0.250. The highest BCUT2D eigenvalue weighted by atomic mass is 79.9. The molecule has 0 aromatic heterocycles. The minimum absolute atomic E-state index is 0.199. The molecule has 0 aliphatic carbocycles. The molecule has 0 saturated heterocycles. The van der Waals surface area contributed by atoms with Crippen molar-refractivity contribution in [2.45, 2.75) is 6.54 Å². The normalized spacial score (nSPS) is 11.3. The smallest absolute Gasteiger partial charge is 0.396 e.